The number of rotatable bonds is 4. The Hall–Kier alpha value is -2.25. The van der Waals surface area contributed by atoms with Crippen molar-refractivity contribution in [2.24, 2.45) is 0 Å². The fraction of sp³-hybridized carbons (Fsp3) is 0.222. The summed E-state index contributed by atoms with van der Waals surface area (Å²) in [4.78, 5) is 19.0. The second-order valence-corrected chi connectivity index (χ2v) is 7.58. The van der Waals surface area contributed by atoms with Crippen LogP contribution in [0.5, 0.6) is 11.5 Å². The number of ether oxygens (including phenoxy) is 2. The molecular formula is C18H16N2O3S2. The van der Waals surface area contributed by atoms with Gasteiger partial charge in [0.25, 0.3) is 0 Å². The molecule has 0 N–H and O–H groups in total. The molecule has 0 saturated carbocycles. The van der Waals surface area contributed by atoms with Gasteiger partial charge in [-0.15, -0.1) is 11.8 Å². The number of carbonyl (C=O) groups excluding carboxylic acids is 1. The van der Waals surface area contributed by atoms with Crippen LogP contribution in [0.3, 0.4) is 0 Å². The number of nitrogens with zero attached hydrogens (tertiary/aromatic N) is 2. The van der Waals surface area contributed by atoms with Crippen LogP contribution in [-0.4, -0.2) is 30.9 Å². The van der Waals surface area contributed by atoms with Gasteiger partial charge in [-0.3, -0.25) is 9.69 Å². The number of para-hydroxylation sites is 1. The van der Waals surface area contributed by atoms with Gasteiger partial charge >= 0.3 is 0 Å². The topological polar surface area (TPSA) is 51.7 Å². The Morgan fingerprint density at radius 2 is 2.00 bits per heavy atom. The number of amides is 1. The van der Waals surface area contributed by atoms with Crippen LogP contribution in [0.25, 0.3) is 10.2 Å². The van der Waals surface area contributed by atoms with Gasteiger partial charge in [0, 0.05) is 5.56 Å². The normalized spacial score (nSPS) is 17.3. The molecule has 0 bridgehead atoms. The third-order valence-electron chi connectivity index (χ3n) is 4.06. The van der Waals surface area contributed by atoms with Gasteiger partial charge < -0.3 is 9.47 Å². The number of hydrogen-bond acceptors (Lipinski definition) is 6. The first-order valence-corrected chi connectivity index (χ1v) is 9.59. The van der Waals surface area contributed by atoms with E-state index < -0.39 is 0 Å². The Morgan fingerprint density at radius 1 is 1.16 bits per heavy atom. The van der Waals surface area contributed by atoms with E-state index in [9.17, 15) is 4.79 Å². The molecule has 2 heterocycles. The van der Waals surface area contributed by atoms with Crippen molar-refractivity contribution in [1.82, 2.24) is 4.98 Å². The molecular weight excluding hydrogens is 356 g/mol. The van der Waals surface area contributed by atoms with Gasteiger partial charge in [-0.1, -0.05) is 29.5 Å². The molecule has 1 fully saturated rings. The summed E-state index contributed by atoms with van der Waals surface area (Å²) < 4.78 is 11.8. The number of thiazole rings is 1. The Labute approximate surface area is 153 Å². The first kappa shape index (κ1) is 16.2. The lowest BCUT2D eigenvalue weighted by molar-refractivity contribution is -0.115. The number of methoxy groups -OCH3 is 2. The molecule has 128 valence electrons. The second kappa shape index (κ2) is 6.57. The van der Waals surface area contributed by atoms with Crippen molar-refractivity contribution in [3.8, 4) is 11.5 Å². The van der Waals surface area contributed by atoms with E-state index in [1.54, 1.807) is 30.9 Å². The number of thioether (sulfide) groups is 1. The van der Waals surface area contributed by atoms with Crippen LogP contribution in [0.1, 0.15) is 10.9 Å². The molecule has 3 aromatic rings. The predicted octanol–water partition coefficient (Wildman–Crippen LogP) is 4.09. The van der Waals surface area contributed by atoms with Crippen molar-refractivity contribution in [2.45, 2.75) is 5.37 Å². The van der Waals surface area contributed by atoms with Crippen LogP contribution in [0.4, 0.5) is 5.13 Å². The zero-order valence-electron chi connectivity index (χ0n) is 13.8. The summed E-state index contributed by atoms with van der Waals surface area (Å²) in [6.45, 7) is 0. The van der Waals surface area contributed by atoms with Crippen LogP contribution in [0, 0.1) is 0 Å². The van der Waals surface area contributed by atoms with E-state index in [4.69, 9.17) is 9.47 Å². The molecule has 5 nitrogen and oxygen atoms in total. The molecule has 7 heteroatoms. The molecule has 4 rings (SSSR count). The van der Waals surface area contributed by atoms with Gasteiger partial charge in [-0.2, -0.15) is 0 Å². The largest absolute Gasteiger partial charge is 0.497 e. The van der Waals surface area contributed by atoms with Gasteiger partial charge in [-0.25, -0.2) is 4.98 Å². The van der Waals surface area contributed by atoms with Crippen molar-refractivity contribution in [2.75, 3.05) is 24.9 Å². The van der Waals surface area contributed by atoms with Crippen molar-refractivity contribution in [3.05, 3.63) is 48.0 Å². The second-order valence-electron chi connectivity index (χ2n) is 5.50. The number of carbonyl (C=O) groups is 1. The van der Waals surface area contributed by atoms with Gasteiger partial charge in [0.2, 0.25) is 5.91 Å². The van der Waals surface area contributed by atoms with Crippen molar-refractivity contribution in [1.29, 1.82) is 0 Å². The van der Waals surface area contributed by atoms with E-state index in [0.29, 0.717) is 10.9 Å². The summed E-state index contributed by atoms with van der Waals surface area (Å²) in [5.74, 6) is 2.06. The van der Waals surface area contributed by atoms with E-state index in [2.05, 4.69) is 4.98 Å². The molecule has 1 saturated heterocycles. The van der Waals surface area contributed by atoms with E-state index >= 15 is 0 Å². The first-order chi connectivity index (χ1) is 12.2. The molecule has 0 spiro atoms. The summed E-state index contributed by atoms with van der Waals surface area (Å²) in [5, 5.41) is 0.570. The van der Waals surface area contributed by atoms with E-state index in [0.717, 1.165) is 27.3 Å². The lowest BCUT2D eigenvalue weighted by Crippen LogP contribution is -2.27. The lowest BCUT2D eigenvalue weighted by Gasteiger charge is -2.23. The highest BCUT2D eigenvalue weighted by molar-refractivity contribution is 8.00. The molecule has 2 aromatic carbocycles. The van der Waals surface area contributed by atoms with Gasteiger partial charge in [0.1, 0.15) is 16.9 Å². The molecule has 1 aliphatic heterocycles. The molecule has 0 radical (unpaired) electrons. The van der Waals surface area contributed by atoms with Crippen LogP contribution >= 0.6 is 23.1 Å². The van der Waals surface area contributed by atoms with E-state index in [1.165, 1.54) is 11.3 Å². The summed E-state index contributed by atoms with van der Waals surface area (Å²) >= 11 is 3.09. The highest BCUT2D eigenvalue weighted by Gasteiger charge is 2.37. The zero-order valence-corrected chi connectivity index (χ0v) is 15.4. The molecule has 0 unspecified atom stereocenters. The van der Waals surface area contributed by atoms with Gasteiger partial charge in [0.05, 0.1) is 30.2 Å². The molecule has 1 aromatic heterocycles. The van der Waals surface area contributed by atoms with Crippen LogP contribution < -0.4 is 14.4 Å². The number of aromatic nitrogens is 1. The monoisotopic (exact) mass is 372 g/mol. The summed E-state index contributed by atoms with van der Waals surface area (Å²) in [5.41, 5.74) is 1.85. The van der Waals surface area contributed by atoms with E-state index in [-0.39, 0.29) is 11.3 Å². The minimum Gasteiger partial charge on any atom is -0.497 e. The predicted molar refractivity (Wildman–Crippen MR) is 102 cm³/mol. The first-order valence-electron chi connectivity index (χ1n) is 7.72. The lowest BCUT2D eigenvalue weighted by atomic mass is 10.2. The highest BCUT2D eigenvalue weighted by Crippen LogP contribution is 2.46. The highest BCUT2D eigenvalue weighted by atomic mass is 32.2. The van der Waals surface area contributed by atoms with E-state index in [1.807, 2.05) is 42.5 Å². The maximum Gasteiger partial charge on any atom is 0.240 e. The summed E-state index contributed by atoms with van der Waals surface area (Å²) in [6.07, 6.45) is 0. The standard InChI is InChI=1S/C18H16N2O3S2/c1-22-11-7-8-13-15(9-11)25-18(19-13)20-16(21)10-24-17(20)12-5-3-4-6-14(12)23-2/h3-9,17H,10H2,1-2H3/t17-/m1/s1. The maximum atomic E-state index is 12.6. The van der Waals surface area contributed by atoms with Crippen LogP contribution in [-0.2, 0) is 4.79 Å². The fourth-order valence-electron chi connectivity index (χ4n) is 2.85. The SMILES string of the molecule is COc1ccc2nc(N3C(=O)CS[C@@H]3c3ccccc3OC)sc2c1. The maximum absolute atomic E-state index is 12.6. The third kappa shape index (κ3) is 2.83. The molecule has 1 aliphatic rings. The number of fused-ring (bicyclic) bond motifs is 1. The van der Waals surface area contributed by atoms with Gasteiger partial charge in [-0.05, 0) is 24.3 Å². The summed E-state index contributed by atoms with van der Waals surface area (Å²) in [6, 6.07) is 13.5. The Balaban J connectivity index is 1.77. The molecule has 1 amide bonds. The van der Waals surface area contributed by atoms with Crippen molar-refractivity contribution >= 4 is 44.4 Å². The zero-order chi connectivity index (χ0) is 17.4. The molecule has 1 atom stereocenters. The summed E-state index contributed by atoms with van der Waals surface area (Å²) in [7, 11) is 3.29. The van der Waals surface area contributed by atoms with Crippen LogP contribution in [0.2, 0.25) is 0 Å². The Morgan fingerprint density at radius 3 is 2.80 bits per heavy atom. The minimum absolute atomic E-state index is 0.0620. The third-order valence-corrected chi connectivity index (χ3v) is 6.27. The fourth-order valence-corrected chi connectivity index (χ4v) is 5.14. The van der Waals surface area contributed by atoms with Crippen LogP contribution in [0.15, 0.2) is 42.5 Å². The smallest absolute Gasteiger partial charge is 0.240 e. The van der Waals surface area contributed by atoms with Crippen molar-refractivity contribution in [3.63, 3.8) is 0 Å². The van der Waals surface area contributed by atoms with Crippen molar-refractivity contribution < 1.29 is 14.3 Å². The Kier molecular flexibility index (Phi) is 4.27. The average molecular weight is 372 g/mol. The van der Waals surface area contributed by atoms with Gasteiger partial charge in [0.15, 0.2) is 5.13 Å². The molecule has 25 heavy (non-hydrogen) atoms. The number of anilines is 1. The quantitative estimate of drug-likeness (QED) is 0.690. The Bertz CT molecular complexity index is 941. The average Bonchev–Trinajstić information content (AvgIpc) is 3.23. The number of hydrogen-bond donors (Lipinski definition) is 0. The number of benzene rings is 2. The minimum atomic E-state index is -0.133. The molecule has 0 aliphatic carbocycles.